The van der Waals surface area contributed by atoms with Gasteiger partial charge in [-0.05, 0) is 42.3 Å². The van der Waals surface area contributed by atoms with Crippen molar-refractivity contribution in [3.63, 3.8) is 0 Å². The average molecular weight is 503 g/mol. The third-order valence-electron chi connectivity index (χ3n) is 5.26. The van der Waals surface area contributed by atoms with Crippen molar-refractivity contribution in [2.24, 2.45) is 0 Å². The predicted molar refractivity (Wildman–Crippen MR) is 132 cm³/mol. The molecule has 1 N–H and O–H groups in total. The zero-order chi connectivity index (χ0) is 24.7. The van der Waals surface area contributed by atoms with Crippen molar-refractivity contribution < 1.29 is 22.7 Å². The molecule has 1 amide bonds. The van der Waals surface area contributed by atoms with Crippen molar-refractivity contribution in [3.05, 3.63) is 88.9 Å². The standard InChI is InChI=1S/C25H27ClN2O5S/c1-18(20-9-11-21(26)12-10-20)27-25(29)17-28(16-19-7-5-4-6-8-19)34(30,31)22-13-14-23(32-2)24(15-22)33-3/h4-15,18H,16-17H2,1-3H3,(H,27,29). The summed E-state index contributed by atoms with van der Waals surface area (Å²) >= 11 is 5.94. The fourth-order valence-corrected chi connectivity index (χ4v) is 4.95. The van der Waals surface area contributed by atoms with Gasteiger partial charge in [-0.25, -0.2) is 8.42 Å². The Morgan fingerprint density at radius 1 is 0.971 bits per heavy atom. The molecule has 3 rings (SSSR count). The maximum absolute atomic E-state index is 13.6. The number of sulfonamides is 1. The van der Waals surface area contributed by atoms with Gasteiger partial charge in [-0.1, -0.05) is 54.1 Å². The van der Waals surface area contributed by atoms with Crippen molar-refractivity contribution >= 4 is 27.5 Å². The minimum atomic E-state index is -4.04. The topological polar surface area (TPSA) is 84.9 Å². The zero-order valence-electron chi connectivity index (χ0n) is 19.2. The molecule has 0 spiro atoms. The number of hydrogen-bond acceptors (Lipinski definition) is 5. The predicted octanol–water partition coefficient (Wildman–Crippen LogP) is 4.43. The van der Waals surface area contributed by atoms with Gasteiger partial charge in [0.1, 0.15) is 0 Å². The zero-order valence-corrected chi connectivity index (χ0v) is 20.8. The number of amides is 1. The van der Waals surface area contributed by atoms with E-state index in [2.05, 4.69) is 5.32 Å². The molecule has 0 radical (unpaired) electrons. The summed E-state index contributed by atoms with van der Waals surface area (Å²) in [5.41, 5.74) is 1.61. The van der Waals surface area contributed by atoms with Gasteiger partial charge in [-0.3, -0.25) is 4.79 Å². The molecule has 7 nitrogen and oxygen atoms in total. The summed E-state index contributed by atoms with van der Waals surface area (Å²) in [5.74, 6) is 0.261. The van der Waals surface area contributed by atoms with Crippen molar-refractivity contribution in [2.45, 2.75) is 24.4 Å². The molecule has 1 atom stereocenters. The molecule has 9 heteroatoms. The second-order valence-electron chi connectivity index (χ2n) is 7.62. The second kappa shape index (κ2) is 11.4. The van der Waals surface area contributed by atoms with E-state index in [4.69, 9.17) is 21.1 Å². The molecule has 0 bridgehead atoms. The number of halogens is 1. The first kappa shape index (κ1) is 25.6. The molecule has 3 aromatic rings. The quantitative estimate of drug-likeness (QED) is 0.443. The number of methoxy groups -OCH3 is 2. The van der Waals surface area contributed by atoms with Gasteiger partial charge in [0.2, 0.25) is 15.9 Å². The third-order valence-corrected chi connectivity index (χ3v) is 7.30. The van der Waals surface area contributed by atoms with Crippen molar-refractivity contribution in [3.8, 4) is 11.5 Å². The molecule has 0 aliphatic heterocycles. The van der Waals surface area contributed by atoms with Crippen LogP contribution in [0.25, 0.3) is 0 Å². The van der Waals surface area contributed by atoms with E-state index in [1.54, 1.807) is 12.1 Å². The summed E-state index contributed by atoms with van der Waals surface area (Å²) in [7, 11) is -1.13. The second-order valence-corrected chi connectivity index (χ2v) is 9.99. The molecule has 0 heterocycles. The average Bonchev–Trinajstić information content (AvgIpc) is 2.84. The Morgan fingerprint density at radius 2 is 1.62 bits per heavy atom. The van der Waals surface area contributed by atoms with Crippen LogP contribution in [0.4, 0.5) is 0 Å². The number of carbonyl (C=O) groups excluding carboxylic acids is 1. The number of rotatable bonds is 10. The van der Waals surface area contributed by atoms with E-state index < -0.39 is 15.9 Å². The van der Waals surface area contributed by atoms with Crippen molar-refractivity contribution in [1.29, 1.82) is 0 Å². The van der Waals surface area contributed by atoms with Gasteiger partial charge in [-0.2, -0.15) is 4.31 Å². The lowest BCUT2D eigenvalue weighted by Gasteiger charge is -2.24. The Labute approximate surface area is 205 Å². The summed E-state index contributed by atoms with van der Waals surface area (Å²) in [4.78, 5) is 12.9. The van der Waals surface area contributed by atoms with Gasteiger partial charge in [-0.15, -0.1) is 0 Å². The lowest BCUT2D eigenvalue weighted by Crippen LogP contribution is -2.41. The van der Waals surface area contributed by atoms with Crippen LogP contribution in [0.3, 0.4) is 0 Å². The smallest absolute Gasteiger partial charge is 0.243 e. The van der Waals surface area contributed by atoms with Crippen LogP contribution in [0.15, 0.2) is 77.7 Å². The van der Waals surface area contributed by atoms with E-state index in [-0.39, 0.29) is 29.8 Å². The molecule has 0 saturated heterocycles. The number of carbonyl (C=O) groups is 1. The molecule has 3 aromatic carbocycles. The summed E-state index contributed by atoms with van der Waals surface area (Å²) in [6.07, 6.45) is 0. The normalized spacial score (nSPS) is 12.3. The first-order valence-electron chi connectivity index (χ1n) is 10.6. The van der Waals surface area contributed by atoms with Crippen LogP contribution in [0.5, 0.6) is 11.5 Å². The Kier molecular flexibility index (Phi) is 8.55. The van der Waals surface area contributed by atoms with Crippen LogP contribution >= 0.6 is 11.6 Å². The number of nitrogens with one attached hydrogen (secondary N) is 1. The van der Waals surface area contributed by atoms with E-state index in [1.807, 2.05) is 49.4 Å². The summed E-state index contributed by atoms with van der Waals surface area (Å²) in [6.45, 7) is 1.50. The molecule has 1 unspecified atom stereocenters. The van der Waals surface area contributed by atoms with Crippen LogP contribution in [0.2, 0.25) is 5.02 Å². The Hall–Kier alpha value is -3.07. The number of nitrogens with zero attached hydrogens (tertiary/aromatic N) is 1. The SMILES string of the molecule is COc1ccc(S(=O)(=O)N(CC(=O)NC(C)c2ccc(Cl)cc2)Cc2ccccc2)cc1OC. The van der Waals surface area contributed by atoms with Crippen LogP contribution in [0, 0.1) is 0 Å². The van der Waals surface area contributed by atoms with Crippen LogP contribution in [-0.4, -0.2) is 39.4 Å². The highest BCUT2D eigenvalue weighted by Gasteiger charge is 2.28. The summed E-state index contributed by atoms with van der Waals surface area (Å²) < 4.78 is 38.8. The van der Waals surface area contributed by atoms with Gasteiger partial charge in [0.25, 0.3) is 0 Å². The highest BCUT2D eigenvalue weighted by molar-refractivity contribution is 7.89. The van der Waals surface area contributed by atoms with Gasteiger partial charge in [0.15, 0.2) is 11.5 Å². The molecule has 180 valence electrons. The van der Waals surface area contributed by atoms with Gasteiger partial charge < -0.3 is 14.8 Å². The first-order chi connectivity index (χ1) is 16.2. The fourth-order valence-electron chi connectivity index (χ4n) is 3.42. The molecule has 0 aliphatic carbocycles. The maximum atomic E-state index is 13.6. The molecular formula is C25H27ClN2O5S. The van der Waals surface area contributed by atoms with E-state index in [0.717, 1.165) is 15.4 Å². The summed E-state index contributed by atoms with van der Waals surface area (Å²) in [6, 6.07) is 20.2. The minimum Gasteiger partial charge on any atom is -0.493 e. The number of hydrogen-bond donors (Lipinski definition) is 1. The van der Waals surface area contributed by atoms with Crippen LogP contribution in [-0.2, 0) is 21.4 Å². The number of benzene rings is 3. The fraction of sp³-hybridized carbons (Fsp3) is 0.240. The molecular weight excluding hydrogens is 476 g/mol. The molecule has 0 fully saturated rings. The lowest BCUT2D eigenvalue weighted by molar-refractivity contribution is -0.122. The highest BCUT2D eigenvalue weighted by Crippen LogP contribution is 2.31. The largest absolute Gasteiger partial charge is 0.493 e. The Bertz CT molecular complexity index is 1220. The van der Waals surface area contributed by atoms with E-state index >= 15 is 0 Å². The molecule has 0 aromatic heterocycles. The van der Waals surface area contributed by atoms with E-state index in [0.29, 0.717) is 10.8 Å². The summed E-state index contributed by atoms with van der Waals surface area (Å²) in [5, 5.41) is 3.46. The monoisotopic (exact) mass is 502 g/mol. The van der Waals surface area contributed by atoms with Gasteiger partial charge >= 0.3 is 0 Å². The molecule has 34 heavy (non-hydrogen) atoms. The highest BCUT2D eigenvalue weighted by atomic mass is 35.5. The lowest BCUT2D eigenvalue weighted by atomic mass is 10.1. The van der Waals surface area contributed by atoms with Crippen molar-refractivity contribution in [2.75, 3.05) is 20.8 Å². The van der Waals surface area contributed by atoms with Gasteiger partial charge in [0.05, 0.1) is 31.7 Å². The van der Waals surface area contributed by atoms with Crippen LogP contribution < -0.4 is 14.8 Å². The van der Waals surface area contributed by atoms with Crippen LogP contribution in [0.1, 0.15) is 24.1 Å². The van der Waals surface area contributed by atoms with E-state index in [1.165, 1.54) is 32.4 Å². The first-order valence-corrected chi connectivity index (χ1v) is 12.4. The Morgan fingerprint density at radius 3 is 2.24 bits per heavy atom. The van der Waals surface area contributed by atoms with Crippen molar-refractivity contribution in [1.82, 2.24) is 9.62 Å². The minimum absolute atomic E-state index is 0.000342. The van der Waals surface area contributed by atoms with Gasteiger partial charge in [0, 0.05) is 17.6 Å². The third kappa shape index (κ3) is 6.28. The maximum Gasteiger partial charge on any atom is 0.243 e. The van der Waals surface area contributed by atoms with E-state index in [9.17, 15) is 13.2 Å². The number of ether oxygens (including phenoxy) is 2. The Balaban J connectivity index is 1.87. The molecule has 0 aliphatic rings. The molecule has 0 saturated carbocycles.